The molecule has 0 amide bonds. The van der Waals surface area contributed by atoms with E-state index < -0.39 is 0 Å². The van der Waals surface area contributed by atoms with Gasteiger partial charge in [0.25, 0.3) is 0 Å². The van der Waals surface area contributed by atoms with Gasteiger partial charge in [-0.05, 0) is 51.4 Å². The minimum atomic E-state index is -0.230. The number of ether oxygens (including phenoxy) is 1. The number of halogens is 3. The molecule has 1 heterocycles. The molecule has 3 aromatic rings. The van der Waals surface area contributed by atoms with Crippen molar-refractivity contribution >= 4 is 45.8 Å². The molecule has 0 N–H and O–H groups in total. The van der Waals surface area contributed by atoms with Gasteiger partial charge in [0.05, 0.1) is 6.20 Å². The Hall–Kier alpha value is -1.76. The van der Waals surface area contributed by atoms with E-state index in [0.717, 1.165) is 26.5 Å². The predicted octanol–water partition coefficient (Wildman–Crippen LogP) is 5.98. The zero-order chi connectivity index (χ0) is 18.7. The summed E-state index contributed by atoms with van der Waals surface area (Å²) in [6.45, 7) is 0. The van der Waals surface area contributed by atoms with Crippen molar-refractivity contribution in [3.63, 3.8) is 0 Å². The maximum absolute atomic E-state index is 12.9. The zero-order valence-corrected chi connectivity index (χ0v) is 17.4. The Morgan fingerprint density at radius 2 is 1.77 bits per heavy atom. The molecule has 0 spiro atoms. The lowest BCUT2D eigenvalue weighted by molar-refractivity contribution is 0.471. The Morgan fingerprint density at radius 3 is 2.46 bits per heavy atom. The molecule has 0 saturated heterocycles. The van der Waals surface area contributed by atoms with E-state index >= 15 is 0 Å². The van der Waals surface area contributed by atoms with Gasteiger partial charge >= 0.3 is 0 Å². The van der Waals surface area contributed by atoms with Gasteiger partial charge < -0.3 is 9.30 Å². The molecule has 132 valence electrons. The first-order valence-electron chi connectivity index (χ1n) is 7.69. The molecule has 0 fully saturated rings. The van der Waals surface area contributed by atoms with E-state index in [9.17, 15) is 4.79 Å². The molecule has 0 radical (unpaired) electrons. The largest absolute Gasteiger partial charge is 0.457 e. The smallest absolute Gasteiger partial charge is 0.231 e. The van der Waals surface area contributed by atoms with Gasteiger partial charge in [0.15, 0.2) is 5.75 Å². The summed E-state index contributed by atoms with van der Waals surface area (Å²) in [6, 6.07) is 15.9. The minimum absolute atomic E-state index is 0.0586. The first-order chi connectivity index (χ1) is 12.5. The fourth-order valence-corrected chi connectivity index (χ4v) is 3.32. The van der Waals surface area contributed by atoms with Gasteiger partial charge in [-0.15, -0.1) is 0 Å². The monoisotopic (exact) mass is 497 g/mol. The predicted molar refractivity (Wildman–Crippen MR) is 116 cm³/mol. The molecule has 3 nitrogen and oxygen atoms in total. The van der Waals surface area contributed by atoms with Gasteiger partial charge in [-0.2, -0.15) is 0 Å². The van der Waals surface area contributed by atoms with Crippen LogP contribution in [0.1, 0.15) is 0 Å². The van der Waals surface area contributed by atoms with Crippen molar-refractivity contribution in [2.75, 3.05) is 0 Å². The second-order valence-corrected chi connectivity index (χ2v) is 7.87. The third kappa shape index (κ3) is 4.31. The molecule has 3 rings (SSSR count). The summed E-state index contributed by atoms with van der Waals surface area (Å²) in [5.74, 6) is 0.154. The van der Waals surface area contributed by atoms with E-state index in [1.807, 2.05) is 49.5 Å². The van der Waals surface area contributed by atoms with Crippen LogP contribution >= 0.6 is 45.8 Å². The van der Waals surface area contributed by atoms with Crippen molar-refractivity contribution in [1.82, 2.24) is 4.57 Å². The fraction of sp³-hybridized carbons (Fsp3) is 0.0500. The van der Waals surface area contributed by atoms with E-state index in [1.165, 1.54) is 0 Å². The molecule has 0 saturated carbocycles. The Kier molecular flexibility index (Phi) is 6.06. The highest BCUT2D eigenvalue weighted by Gasteiger charge is 2.14. The summed E-state index contributed by atoms with van der Waals surface area (Å²) >= 11 is 13.5. The Labute approximate surface area is 175 Å². The van der Waals surface area contributed by atoms with Gasteiger partial charge in [-0.1, -0.05) is 59.6 Å². The van der Waals surface area contributed by atoms with Crippen LogP contribution in [0.5, 0.6) is 5.75 Å². The van der Waals surface area contributed by atoms with Gasteiger partial charge in [0.2, 0.25) is 5.43 Å². The summed E-state index contributed by atoms with van der Waals surface area (Å²) < 4.78 is 8.18. The Bertz CT molecular complexity index is 1040. The lowest BCUT2D eigenvalue weighted by atomic mass is 9.95. The molecule has 0 bridgehead atoms. The van der Waals surface area contributed by atoms with Crippen molar-refractivity contribution in [2.24, 2.45) is 7.05 Å². The number of benzene rings is 2. The number of aromatic nitrogens is 1. The molecule has 0 aliphatic heterocycles. The molecular formula is C20H14Cl2INO2. The summed E-state index contributed by atoms with van der Waals surface area (Å²) in [6.07, 6.45) is 4.51. The second-order valence-electron chi connectivity index (χ2n) is 5.61. The van der Waals surface area contributed by atoms with Gasteiger partial charge in [-0.25, -0.2) is 0 Å². The second kappa shape index (κ2) is 8.29. The van der Waals surface area contributed by atoms with Crippen LogP contribution < -0.4 is 10.2 Å². The topological polar surface area (TPSA) is 31.2 Å². The fourth-order valence-electron chi connectivity index (χ4n) is 2.69. The summed E-state index contributed by atoms with van der Waals surface area (Å²) in [4.78, 5) is 12.9. The van der Waals surface area contributed by atoms with Gasteiger partial charge in [0, 0.05) is 22.4 Å². The van der Waals surface area contributed by atoms with Gasteiger partial charge in [-0.3, -0.25) is 4.79 Å². The van der Waals surface area contributed by atoms with Crippen molar-refractivity contribution in [2.45, 2.75) is 0 Å². The first kappa shape index (κ1) is 19.0. The maximum atomic E-state index is 12.9. The standard InChI is InChI=1S/C20H14Cl2INO2/c1-24-10-17(20(25)18(11-24)26-12-19(21)22)16-8-3-2-7-15(16)13-5-4-6-14(23)9-13/h2-12H,1H3. The highest BCUT2D eigenvalue weighted by molar-refractivity contribution is 14.1. The molecule has 0 unspecified atom stereocenters. The van der Waals surface area contributed by atoms with Crippen LogP contribution in [-0.2, 0) is 7.05 Å². The third-order valence-corrected chi connectivity index (χ3v) is 4.60. The van der Waals surface area contributed by atoms with Crippen LogP contribution in [0.2, 0.25) is 0 Å². The molecule has 0 aliphatic carbocycles. The van der Waals surface area contributed by atoms with Crippen molar-refractivity contribution in [1.29, 1.82) is 0 Å². The normalized spacial score (nSPS) is 10.5. The third-order valence-electron chi connectivity index (χ3n) is 3.75. The lowest BCUT2D eigenvalue weighted by Crippen LogP contribution is -2.11. The van der Waals surface area contributed by atoms with Crippen LogP contribution in [0.25, 0.3) is 22.3 Å². The number of rotatable bonds is 4. The summed E-state index contributed by atoms with van der Waals surface area (Å²) in [5.41, 5.74) is 3.17. The van der Waals surface area contributed by atoms with Crippen molar-refractivity contribution in [3.05, 3.63) is 85.5 Å². The Balaban J connectivity index is 2.19. The van der Waals surface area contributed by atoms with E-state index in [4.69, 9.17) is 27.9 Å². The molecule has 0 aliphatic rings. The molecule has 1 aromatic heterocycles. The number of nitrogens with zero attached hydrogens (tertiary/aromatic N) is 1. The molecule has 26 heavy (non-hydrogen) atoms. The minimum Gasteiger partial charge on any atom is -0.457 e. The highest BCUT2D eigenvalue weighted by atomic mass is 127. The van der Waals surface area contributed by atoms with Crippen LogP contribution in [0.15, 0.2) is 76.5 Å². The molecule has 2 aromatic carbocycles. The number of aryl methyl sites for hydroxylation is 1. The zero-order valence-electron chi connectivity index (χ0n) is 13.7. The first-order valence-corrected chi connectivity index (χ1v) is 9.52. The average Bonchev–Trinajstić information content (AvgIpc) is 2.62. The van der Waals surface area contributed by atoms with Gasteiger partial charge in [0.1, 0.15) is 10.8 Å². The SMILES string of the molecule is Cn1cc(OC=C(Cl)Cl)c(=O)c(-c2ccccc2-c2cccc(I)c2)c1. The quantitative estimate of drug-likeness (QED) is 0.328. The number of hydrogen-bond donors (Lipinski definition) is 0. The highest BCUT2D eigenvalue weighted by Crippen LogP contribution is 2.31. The summed E-state index contributed by atoms with van der Waals surface area (Å²) in [7, 11) is 1.83. The molecule has 6 heteroatoms. The van der Waals surface area contributed by atoms with E-state index in [0.29, 0.717) is 5.56 Å². The van der Waals surface area contributed by atoms with Crippen LogP contribution in [0.3, 0.4) is 0 Å². The van der Waals surface area contributed by atoms with E-state index in [1.54, 1.807) is 17.0 Å². The lowest BCUT2D eigenvalue weighted by Gasteiger charge is -2.12. The number of hydrogen-bond acceptors (Lipinski definition) is 2. The Morgan fingerprint density at radius 1 is 1.04 bits per heavy atom. The number of pyridine rings is 1. The average molecular weight is 498 g/mol. The van der Waals surface area contributed by atoms with E-state index in [-0.39, 0.29) is 15.7 Å². The van der Waals surface area contributed by atoms with Crippen LogP contribution in [0, 0.1) is 3.57 Å². The molecular weight excluding hydrogens is 484 g/mol. The van der Waals surface area contributed by atoms with Crippen molar-refractivity contribution in [3.8, 4) is 28.0 Å². The van der Waals surface area contributed by atoms with Crippen molar-refractivity contribution < 1.29 is 4.74 Å². The van der Waals surface area contributed by atoms with Crippen LogP contribution in [0.4, 0.5) is 0 Å². The molecule has 0 atom stereocenters. The van der Waals surface area contributed by atoms with Crippen LogP contribution in [-0.4, -0.2) is 4.57 Å². The summed E-state index contributed by atoms with van der Waals surface area (Å²) in [5, 5.41) is 0. The maximum Gasteiger partial charge on any atom is 0.231 e. The van der Waals surface area contributed by atoms with E-state index in [2.05, 4.69) is 28.7 Å².